The topological polar surface area (TPSA) is 14.7 Å². The molecule has 4 heteroatoms. The normalized spacial score (nSPS) is 11.6. The molecular weight excluding hydrogens is 921 g/mol. The summed E-state index contributed by atoms with van der Waals surface area (Å²) < 4.78 is 2.41. The van der Waals surface area contributed by atoms with Gasteiger partial charge in [-0.25, -0.2) is 0 Å². The minimum atomic E-state index is 0.988. The first kappa shape index (κ1) is 48.9. The Kier molecular flexibility index (Phi) is 13.6. The molecule has 1 heterocycles. The third-order valence-corrected chi connectivity index (χ3v) is 14.4. The molecule has 11 rings (SSSR count). The lowest BCUT2D eigenvalue weighted by Crippen LogP contribution is -2.15. The second-order valence-corrected chi connectivity index (χ2v) is 19.9. The van der Waals surface area contributed by atoms with Crippen molar-refractivity contribution >= 4 is 67.3 Å². The maximum atomic E-state index is 4.25. The fourth-order valence-electron chi connectivity index (χ4n) is 10.4. The molecule has 0 saturated carbocycles. The summed E-state index contributed by atoms with van der Waals surface area (Å²) in [6.07, 6.45) is 8.16. The van der Waals surface area contributed by atoms with E-state index in [4.69, 9.17) is 0 Å². The van der Waals surface area contributed by atoms with Gasteiger partial charge in [0.2, 0.25) is 0 Å². The van der Waals surface area contributed by atoms with Crippen molar-refractivity contribution in [2.45, 2.75) is 41.5 Å². The summed E-state index contributed by atoms with van der Waals surface area (Å²) >= 11 is 0. The van der Waals surface area contributed by atoms with Crippen molar-refractivity contribution in [3.63, 3.8) is 0 Å². The molecule has 11 aromatic rings. The Morgan fingerprint density at radius 2 is 0.842 bits per heavy atom. The molecule has 0 saturated heterocycles. The number of hydrogen-bond acceptors (Lipinski definition) is 3. The van der Waals surface area contributed by atoms with Gasteiger partial charge in [-0.05, 0) is 209 Å². The third kappa shape index (κ3) is 9.77. The largest absolute Gasteiger partial charge is 0.311 e. The van der Waals surface area contributed by atoms with Crippen LogP contribution in [-0.4, -0.2) is 4.57 Å². The van der Waals surface area contributed by atoms with E-state index < -0.39 is 0 Å². The lowest BCUT2D eigenvalue weighted by atomic mass is 9.96. The number of allylic oxidation sites excluding steroid dienone is 4. The van der Waals surface area contributed by atoms with E-state index in [1.807, 2.05) is 19.1 Å². The maximum Gasteiger partial charge on any atom is 0.0541 e. The zero-order valence-electron chi connectivity index (χ0n) is 44.2. The molecule has 0 bridgehead atoms. The van der Waals surface area contributed by atoms with Crippen molar-refractivity contribution in [1.29, 1.82) is 0 Å². The van der Waals surface area contributed by atoms with Crippen LogP contribution in [0.5, 0.6) is 0 Å². The van der Waals surface area contributed by atoms with Gasteiger partial charge in [0.05, 0.1) is 11.0 Å². The van der Waals surface area contributed by atoms with Gasteiger partial charge in [-0.2, -0.15) is 0 Å². The Morgan fingerprint density at radius 3 is 1.32 bits per heavy atom. The van der Waals surface area contributed by atoms with Crippen LogP contribution >= 0.6 is 0 Å². The van der Waals surface area contributed by atoms with Crippen molar-refractivity contribution in [1.82, 2.24) is 4.57 Å². The lowest BCUT2D eigenvalue weighted by Gasteiger charge is -2.30. The summed E-state index contributed by atoms with van der Waals surface area (Å²) in [4.78, 5) is 7.07. The van der Waals surface area contributed by atoms with Crippen molar-refractivity contribution in [2.75, 3.05) is 14.7 Å². The molecule has 0 aliphatic rings. The second kappa shape index (κ2) is 21.2. The first-order valence-electron chi connectivity index (χ1n) is 26.2. The Balaban J connectivity index is 1.15. The number of fused-ring (bicyclic) bond motifs is 3. The molecule has 0 fully saturated rings. The standard InChI is InChI=1S/C72H62N4/c1-8-10-17-58(9-2)73(59-18-13-11-14-19-59)65-41-30-54(7)68(49-65)56-32-43-72-70(47-56)69-46-55(31-42-71(69)76(72)60-20-15-12-16-21-60)57-44-66(74(61-33-22-50(3)23-34-61)62-35-24-51(4)25-36-62)48-67(45-57)75(63-37-26-52(5)27-38-63)64-39-28-53(6)29-40-64/h8-49H,2H2,1,3-7H3/b10-8-,58-17+. The molecule has 1 aromatic heterocycles. The van der Waals surface area contributed by atoms with Gasteiger partial charge >= 0.3 is 0 Å². The van der Waals surface area contributed by atoms with Crippen LogP contribution in [0.15, 0.2) is 267 Å². The molecule has 0 spiro atoms. The molecule has 0 unspecified atom stereocenters. The molecule has 370 valence electrons. The van der Waals surface area contributed by atoms with E-state index in [0.717, 1.165) is 84.6 Å². The predicted octanol–water partition coefficient (Wildman–Crippen LogP) is 20.4. The smallest absolute Gasteiger partial charge is 0.0541 e. The van der Waals surface area contributed by atoms with E-state index >= 15 is 0 Å². The van der Waals surface area contributed by atoms with E-state index in [1.165, 1.54) is 44.2 Å². The number of aromatic nitrogens is 1. The Hall–Kier alpha value is -9.38. The molecule has 10 aromatic carbocycles. The van der Waals surface area contributed by atoms with E-state index in [9.17, 15) is 0 Å². The summed E-state index contributed by atoms with van der Waals surface area (Å²) in [6.45, 7) is 17.1. The van der Waals surface area contributed by atoms with Crippen LogP contribution in [0.2, 0.25) is 0 Å². The molecule has 0 atom stereocenters. The van der Waals surface area contributed by atoms with Gasteiger partial charge in [-0.3, -0.25) is 0 Å². The maximum absolute atomic E-state index is 4.25. The third-order valence-electron chi connectivity index (χ3n) is 14.4. The number of benzene rings is 10. The highest BCUT2D eigenvalue weighted by atomic mass is 15.2. The van der Waals surface area contributed by atoms with Crippen LogP contribution in [0.1, 0.15) is 34.7 Å². The minimum Gasteiger partial charge on any atom is -0.311 e. The van der Waals surface area contributed by atoms with Gasteiger partial charge in [0.25, 0.3) is 0 Å². The van der Waals surface area contributed by atoms with Gasteiger partial charge in [-0.15, -0.1) is 0 Å². The summed E-state index contributed by atoms with van der Waals surface area (Å²) in [6, 6.07) is 84.7. The molecule has 0 amide bonds. The van der Waals surface area contributed by atoms with Crippen LogP contribution in [-0.2, 0) is 0 Å². The highest BCUT2D eigenvalue weighted by Gasteiger charge is 2.22. The number of anilines is 8. The SMILES string of the molecule is C=C/C(=C\C=C/C)N(c1ccccc1)c1ccc(C)c(-c2ccc3c(c2)c2cc(-c4cc(N(c5ccc(C)cc5)c5ccc(C)cc5)cc(N(c5ccc(C)cc5)c5ccc(C)cc5)c4)ccc2n3-c2ccccc2)c1. The Bertz CT molecular complexity index is 3720. The van der Waals surface area contributed by atoms with Crippen LogP contribution in [0, 0.1) is 34.6 Å². The fourth-order valence-corrected chi connectivity index (χ4v) is 10.4. The Labute approximate surface area is 448 Å². The molecule has 0 aliphatic heterocycles. The zero-order chi connectivity index (χ0) is 52.3. The number of hydrogen-bond donors (Lipinski definition) is 0. The first-order valence-corrected chi connectivity index (χ1v) is 26.2. The van der Waals surface area contributed by atoms with E-state index in [1.54, 1.807) is 0 Å². The van der Waals surface area contributed by atoms with Crippen molar-refractivity contribution in [2.24, 2.45) is 0 Å². The summed E-state index contributed by atoms with van der Waals surface area (Å²) in [5.41, 5.74) is 23.6. The minimum absolute atomic E-state index is 0.988. The number of rotatable bonds is 14. The predicted molar refractivity (Wildman–Crippen MR) is 326 cm³/mol. The van der Waals surface area contributed by atoms with Crippen LogP contribution < -0.4 is 14.7 Å². The van der Waals surface area contributed by atoms with Crippen LogP contribution in [0.4, 0.5) is 45.5 Å². The van der Waals surface area contributed by atoms with Crippen molar-refractivity contribution < 1.29 is 0 Å². The molecule has 0 N–H and O–H groups in total. The molecule has 4 nitrogen and oxygen atoms in total. The van der Waals surface area contributed by atoms with Crippen LogP contribution in [0.25, 0.3) is 49.7 Å². The number of nitrogens with zero attached hydrogens (tertiary/aromatic N) is 4. The highest BCUT2D eigenvalue weighted by Crippen LogP contribution is 2.45. The summed E-state index contributed by atoms with van der Waals surface area (Å²) in [7, 11) is 0. The average Bonchev–Trinajstić information content (AvgIpc) is 3.86. The average molecular weight is 983 g/mol. The first-order chi connectivity index (χ1) is 37.1. The van der Waals surface area contributed by atoms with Gasteiger partial charge in [0.15, 0.2) is 0 Å². The fraction of sp³-hybridized carbons (Fsp3) is 0.0833. The van der Waals surface area contributed by atoms with E-state index in [-0.39, 0.29) is 0 Å². The molecular formula is C72H62N4. The van der Waals surface area contributed by atoms with Gasteiger partial charge in [0.1, 0.15) is 0 Å². The van der Waals surface area contributed by atoms with Gasteiger partial charge in [-0.1, -0.05) is 144 Å². The number of aryl methyl sites for hydroxylation is 5. The Morgan fingerprint density at radius 1 is 0.395 bits per heavy atom. The van der Waals surface area contributed by atoms with E-state index in [2.05, 4.69) is 303 Å². The summed E-state index contributed by atoms with van der Waals surface area (Å²) in [5.74, 6) is 0. The lowest BCUT2D eigenvalue weighted by molar-refractivity contribution is 1.18. The molecule has 0 radical (unpaired) electrons. The quantitative estimate of drug-likeness (QED) is 0.101. The van der Waals surface area contributed by atoms with Crippen molar-refractivity contribution in [3.8, 4) is 27.9 Å². The highest BCUT2D eigenvalue weighted by molar-refractivity contribution is 6.12. The van der Waals surface area contributed by atoms with Gasteiger partial charge < -0.3 is 19.3 Å². The molecule has 76 heavy (non-hydrogen) atoms. The van der Waals surface area contributed by atoms with Crippen molar-refractivity contribution in [3.05, 3.63) is 295 Å². The van der Waals surface area contributed by atoms with E-state index in [0.29, 0.717) is 0 Å². The van der Waals surface area contributed by atoms with Crippen LogP contribution in [0.3, 0.4) is 0 Å². The number of para-hydroxylation sites is 2. The summed E-state index contributed by atoms with van der Waals surface area (Å²) in [5, 5.41) is 2.36. The zero-order valence-corrected chi connectivity index (χ0v) is 44.2. The second-order valence-electron chi connectivity index (χ2n) is 19.9. The monoisotopic (exact) mass is 982 g/mol. The van der Waals surface area contributed by atoms with Gasteiger partial charge in [0, 0.05) is 67.7 Å². The molecule has 0 aliphatic carbocycles.